The van der Waals surface area contributed by atoms with E-state index in [9.17, 15) is 19.2 Å². The van der Waals surface area contributed by atoms with Crippen molar-refractivity contribution in [3.8, 4) is 5.75 Å². The van der Waals surface area contributed by atoms with Gasteiger partial charge in [-0.3, -0.25) is 24.5 Å². The fraction of sp³-hybridized carbons (Fsp3) is 0.226. The maximum atomic E-state index is 14.2. The summed E-state index contributed by atoms with van der Waals surface area (Å²) < 4.78 is 5.12. The highest BCUT2D eigenvalue weighted by Gasteiger charge is 2.70. The number of hydrogen-bond donors (Lipinski definition) is 3. The Kier molecular flexibility index (Phi) is 5.24. The molecule has 3 aromatic carbocycles. The van der Waals surface area contributed by atoms with E-state index >= 15 is 0 Å². The summed E-state index contributed by atoms with van der Waals surface area (Å²) in [4.78, 5) is 58.0. The third-order valence-corrected chi connectivity index (χ3v) is 8.34. The molecule has 3 N–H and O–H groups in total. The minimum atomic E-state index is -1.39. The molecule has 9 heteroatoms. The average molecular weight is 535 g/mol. The third-order valence-electron chi connectivity index (χ3n) is 8.34. The summed E-state index contributed by atoms with van der Waals surface area (Å²) >= 11 is 0. The van der Waals surface area contributed by atoms with Gasteiger partial charge in [-0.2, -0.15) is 0 Å². The molecule has 0 radical (unpaired) electrons. The van der Waals surface area contributed by atoms with Gasteiger partial charge in [0.1, 0.15) is 11.3 Å². The van der Waals surface area contributed by atoms with Crippen LogP contribution >= 0.6 is 0 Å². The van der Waals surface area contributed by atoms with Crippen molar-refractivity contribution in [2.75, 3.05) is 10.2 Å². The van der Waals surface area contributed by atoms with Crippen LogP contribution in [0.15, 0.2) is 72.9 Å². The van der Waals surface area contributed by atoms with Gasteiger partial charge >= 0.3 is 5.97 Å². The quantitative estimate of drug-likeness (QED) is 0.209. The lowest BCUT2D eigenvalue weighted by atomic mass is 9.76. The van der Waals surface area contributed by atoms with Crippen molar-refractivity contribution in [2.45, 2.75) is 31.8 Å². The molecule has 2 fully saturated rings. The van der Waals surface area contributed by atoms with Crippen LogP contribution in [0.4, 0.5) is 11.4 Å². The molecule has 4 heterocycles. The summed E-state index contributed by atoms with van der Waals surface area (Å²) in [7, 11) is 0. The molecule has 0 saturated carbocycles. The number of nitrogens with one attached hydrogen (secondary N) is 3. The van der Waals surface area contributed by atoms with E-state index in [0.29, 0.717) is 29.1 Å². The fourth-order valence-electron chi connectivity index (χ4n) is 6.71. The van der Waals surface area contributed by atoms with Crippen LogP contribution in [0.3, 0.4) is 0 Å². The number of anilines is 2. The highest BCUT2D eigenvalue weighted by atomic mass is 16.5. The summed E-state index contributed by atoms with van der Waals surface area (Å²) in [5.41, 5.74) is 3.22. The monoisotopic (exact) mass is 534 g/mol. The number of fused-ring (bicyclic) bond motifs is 5. The number of hydrogen-bond acceptors (Lipinski definition) is 6. The molecule has 4 aromatic rings. The van der Waals surface area contributed by atoms with Crippen LogP contribution in [0.1, 0.15) is 23.6 Å². The van der Waals surface area contributed by atoms with Crippen molar-refractivity contribution in [2.24, 2.45) is 11.8 Å². The Labute approximate surface area is 229 Å². The number of imide groups is 1. The SMILES string of the molecule is CC(=O)Oc1ccc(N2C(=O)[C@H]3[C@@H](C2=O)[C@]2(N[C@@H]3Cc3c[nH]c4ccccc34)C(=O)Nc3ccc(C)cc32)cc1. The molecule has 4 atom stereocenters. The maximum absolute atomic E-state index is 14.2. The number of esters is 1. The van der Waals surface area contributed by atoms with Gasteiger partial charge in [-0.25, -0.2) is 4.90 Å². The number of amides is 3. The highest BCUT2D eigenvalue weighted by molar-refractivity contribution is 6.25. The van der Waals surface area contributed by atoms with E-state index in [1.54, 1.807) is 24.3 Å². The molecule has 0 aliphatic carbocycles. The Morgan fingerprint density at radius 3 is 2.55 bits per heavy atom. The first-order valence-corrected chi connectivity index (χ1v) is 13.2. The Bertz CT molecular complexity index is 1740. The molecule has 2 saturated heterocycles. The van der Waals surface area contributed by atoms with E-state index in [0.717, 1.165) is 22.0 Å². The molecule has 40 heavy (non-hydrogen) atoms. The van der Waals surface area contributed by atoms with Crippen LogP contribution in [0, 0.1) is 18.8 Å². The molecule has 9 nitrogen and oxygen atoms in total. The second-order valence-corrected chi connectivity index (χ2v) is 10.7. The Morgan fingerprint density at radius 1 is 1.00 bits per heavy atom. The number of rotatable bonds is 4. The standard InChI is InChI=1S/C31H26N4O5/c1-16-7-12-24-22(13-16)31(30(39)33-24)27-26(25(34-31)14-18-15-32-23-6-4-3-5-21(18)23)28(37)35(29(27)38)19-8-10-20(11-9-19)40-17(2)36/h3-13,15,25-27,32,34H,14H2,1-2H3,(H,33,39)/t25-,26-,27+,31+/m1/s1. The van der Waals surface area contributed by atoms with Gasteiger partial charge in [-0.15, -0.1) is 0 Å². The summed E-state index contributed by atoms with van der Waals surface area (Å²) in [5.74, 6) is -3.00. The zero-order valence-corrected chi connectivity index (χ0v) is 21.9. The van der Waals surface area contributed by atoms with Gasteiger partial charge in [0.2, 0.25) is 17.7 Å². The number of H-pyrrole nitrogens is 1. The zero-order valence-electron chi connectivity index (χ0n) is 21.9. The molecule has 1 spiro atoms. The first kappa shape index (κ1) is 24.3. The largest absolute Gasteiger partial charge is 0.427 e. The van der Waals surface area contributed by atoms with Gasteiger partial charge in [0.25, 0.3) is 0 Å². The Hall–Kier alpha value is -4.76. The van der Waals surface area contributed by atoms with E-state index in [-0.39, 0.29) is 11.8 Å². The molecule has 0 unspecified atom stereocenters. The fourth-order valence-corrected chi connectivity index (χ4v) is 6.71. The van der Waals surface area contributed by atoms with Crippen LogP contribution < -0.4 is 20.3 Å². The minimum absolute atomic E-state index is 0.311. The molecule has 3 aliphatic rings. The van der Waals surface area contributed by atoms with Crippen molar-refractivity contribution >= 4 is 46.0 Å². The van der Waals surface area contributed by atoms with E-state index in [2.05, 4.69) is 15.6 Å². The van der Waals surface area contributed by atoms with E-state index in [1.165, 1.54) is 11.8 Å². The molecule has 0 bridgehead atoms. The van der Waals surface area contributed by atoms with Gasteiger partial charge in [0, 0.05) is 41.3 Å². The molecular weight excluding hydrogens is 508 g/mol. The lowest BCUT2D eigenvalue weighted by Crippen LogP contribution is -2.53. The number of aromatic nitrogens is 1. The summed E-state index contributed by atoms with van der Waals surface area (Å²) in [6.07, 6.45) is 2.37. The van der Waals surface area contributed by atoms with Gasteiger partial charge in [-0.1, -0.05) is 35.9 Å². The van der Waals surface area contributed by atoms with Crippen LogP contribution in [-0.4, -0.2) is 34.7 Å². The Morgan fingerprint density at radius 2 is 1.77 bits per heavy atom. The van der Waals surface area contributed by atoms with Crippen molar-refractivity contribution < 1.29 is 23.9 Å². The second-order valence-electron chi connectivity index (χ2n) is 10.7. The summed E-state index contributed by atoms with van der Waals surface area (Å²) in [6.45, 7) is 3.24. The van der Waals surface area contributed by atoms with Crippen LogP contribution in [0.5, 0.6) is 5.75 Å². The van der Waals surface area contributed by atoms with E-state index in [1.807, 2.05) is 55.6 Å². The van der Waals surface area contributed by atoms with Gasteiger partial charge in [-0.05, 0) is 55.3 Å². The number of aryl methyl sites for hydroxylation is 1. The average Bonchev–Trinajstić information content (AvgIpc) is 3.64. The highest BCUT2D eigenvalue weighted by Crippen LogP contribution is 2.54. The third kappa shape index (κ3) is 3.37. The first-order valence-electron chi connectivity index (χ1n) is 13.2. The van der Waals surface area contributed by atoms with Gasteiger partial charge < -0.3 is 15.0 Å². The lowest BCUT2D eigenvalue weighted by Gasteiger charge is -2.29. The van der Waals surface area contributed by atoms with Crippen LogP contribution in [0.25, 0.3) is 10.9 Å². The van der Waals surface area contributed by atoms with E-state index in [4.69, 9.17) is 4.74 Å². The molecule has 3 aliphatic heterocycles. The molecular formula is C31H26N4O5. The van der Waals surface area contributed by atoms with Crippen molar-refractivity contribution in [3.05, 3.63) is 89.6 Å². The lowest BCUT2D eigenvalue weighted by molar-refractivity contribution is -0.132. The molecule has 3 amide bonds. The topological polar surface area (TPSA) is 121 Å². The number of nitrogens with zero attached hydrogens (tertiary/aromatic N) is 1. The smallest absolute Gasteiger partial charge is 0.308 e. The van der Waals surface area contributed by atoms with Gasteiger partial charge in [0.05, 0.1) is 17.5 Å². The van der Waals surface area contributed by atoms with E-state index < -0.39 is 35.3 Å². The van der Waals surface area contributed by atoms with Crippen molar-refractivity contribution in [1.29, 1.82) is 0 Å². The molecule has 7 rings (SSSR count). The van der Waals surface area contributed by atoms with Crippen LogP contribution in [-0.2, 0) is 31.1 Å². The summed E-state index contributed by atoms with van der Waals surface area (Å²) in [5, 5.41) is 7.50. The number of carbonyl (C=O) groups excluding carboxylic acids is 4. The molecule has 200 valence electrons. The second kappa shape index (κ2) is 8.62. The Balaban J connectivity index is 1.34. The number of ether oxygens (including phenoxy) is 1. The number of carbonyl (C=O) groups is 4. The first-order chi connectivity index (χ1) is 19.3. The minimum Gasteiger partial charge on any atom is -0.427 e. The maximum Gasteiger partial charge on any atom is 0.308 e. The predicted molar refractivity (Wildman–Crippen MR) is 148 cm³/mol. The van der Waals surface area contributed by atoms with Gasteiger partial charge in [0.15, 0.2) is 0 Å². The summed E-state index contributed by atoms with van der Waals surface area (Å²) in [6, 6.07) is 19.3. The normalized spacial score (nSPS) is 25.0. The van der Waals surface area contributed by atoms with Crippen LogP contribution in [0.2, 0.25) is 0 Å². The number of para-hydroxylation sites is 1. The van der Waals surface area contributed by atoms with Crippen molar-refractivity contribution in [1.82, 2.24) is 10.3 Å². The molecule has 1 aromatic heterocycles. The predicted octanol–water partition coefficient (Wildman–Crippen LogP) is 3.57. The zero-order chi connectivity index (χ0) is 27.8. The number of benzene rings is 3. The number of aromatic amines is 1. The van der Waals surface area contributed by atoms with Crippen molar-refractivity contribution in [3.63, 3.8) is 0 Å².